The third kappa shape index (κ3) is 3.22. The Bertz CT molecular complexity index is 533. The van der Waals surface area contributed by atoms with Crippen LogP contribution in [0.15, 0.2) is 41.8 Å². The lowest BCUT2D eigenvalue weighted by Gasteiger charge is -2.14. The Balaban J connectivity index is 2.24. The van der Waals surface area contributed by atoms with Gasteiger partial charge in [-0.15, -0.1) is 11.3 Å². The molecular weight excluding hydrogens is 256 g/mol. The zero-order valence-electron chi connectivity index (χ0n) is 10.9. The highest BCUT2D eigenvalue weighted by Crippen LogP contribution is 2.31. The van der Waals surface area contributed by atoms with Crippen LogP contribution in [0.3, 0.4) is 0 Å². The smallest absolute Gasteiger partial charge is 0.228 e. The van der Waals surface area contributed by atoms with Gasteiger partial charge in [0.1, 0.15) is 0 Å². The third-order valence-electron chi connectivity index (χ3n) is 3.12. The van der Waals surface area contributed by atoms with E-state index in [1.54, 1.807) is 11.3 Å². The predicted molar refractivity (Wildman–Crippen MR) is 81.2 cm³/mol. The maximum absolute atomic E-state index is 12.1. The lowest BCUT2D eigenvalue weighted by Crippen LogP contribution is -2.28. The first-order valence-electron chi connectivity index (χ1n) is 6.40. The summed E-state index contributed by atoms with van der Waals surface area (Å²) < 4.78 is 0. The van der Waals surface area contributed by atoms with E-state index in [4.69, 9.17) is 5.73 Å². The second-order valence-electron chi connectivity index (χ2n) is 4.35. The van der Waals surface area contributed by atoms with Crippen LogP contribution in [-0.4, -0.2) is 12.5 Å². The number of para-hydroxylation sites is 1. The van der Waals surface area contributed by atoms with Crippen molar-refractivity contribution >= 4 is 22.9 Å². The minimum Gasteiger partial charge on any atom is -0.330 e. The molecular formula is C15H18N2OS. The van der Waals surface area contributed by atoms with E-state index in [-0.39, 0.29) is 11.8 Å². The van der Waals surface area contributed by atoms with Crippen molar-refractivity contribution in [2.45, 2.75) is 13.3 Å². The van der Waals surface area contributed by atoms with Crippen LogP contribution in [0.4, 0.5) is 5.69 Å². The van der Waals surface area contributed by atoms with Gasteiger partial charge in [-0.1, -0.05) is 31.2 Å². The first kappa shape index (κ1) is 13.8. The number of hydrogen-bond acceptors (Lipinski definition) is 3. The van der Waals surface area contributed by atoms with Crippen LogP contribution in [0.25, 0.3) is 10.4 Å². The Labute approximate surface area is 117 Å². The van der Waals surface area contributed by atoms with Gasteiger partial charge >= 0.3 is 0 Å². The fraction of sp³-hybridized carbons (Fsp3) is 0.267. The molecule has 0 radical (unpaired) electrons. The summed E-state index contributed by atoms with van der Waals surface area (Å²) in [6.45, 7) is 2.35. The lowest BCUT2D eigenvalue weighted by molar-refractivity contribution is -0.119. The number of benzene rings is 1. The molecule has 1 aromatic carbocycles. The second kappa shape index (κ2) is 6.50. The van der Waals surface area contributed by atoms with Crippen molar-refractivity contribution in [3.05, 3.63) is 41.8 Å². The molecule has 1 aromatic heterocycles. The quantitative estimate of drug-likeness (QED) is 0.878. The zero-order chi connectivity index (χ0) is 13.7. The van der Waals surface area contributed by atoms with Crippen molar-refractivity contribution in [2.75, 3.05) is 11.9 Å². The molecule has 0 spiro atoms. The minimum absolute atomic E-state index is 0.00555. The molecule has 0 saturated carbocycles. The van der Waals surface area contributed by atoms with Crippen molar-refractivity contribution in [3.8, 4) is 10.4 Å². The van der Waals surface area contributed by atoms with E-state index < -0.39 is 0 Å². The summed E-state index contributed by atoms with van der Waals surface area (Å²) in [6.07, 6.45) is 0.753. The van der Waals surface area contributed by atoms with E-state index in [1.165, 1.54) is 0 Å². The molecule has 0 aliphatic rings. The van der Waals surface area contributed by atoms with Crippen molar-refractivity contribution < 1.29 is 4.79 Å². The number of nitrogens with two attached hydrogens (primary N) is 1. The summed E-state index contributed by atoms with van der Waals surface area (Å²) in [5.74, 6) is -0.134. The number of amides is 1. The molecule has 1 heterocycles. The zero-order valence-corrected chi connectivity index (χ0v) is 11.7. The van der Waals surface area contributed by atoms with E-state index in [9.17, 15) is 4.79 Å². The highest BCUT2D eigenvalue weighted by atomic mass is 32.1. The Kier molecular flexibility index (Phi) is 4.71. The molecule has 0 fully saturated rings. The second-order valence-corrected chi connectivity index (χ2v) is 5.30. The van der Waals surface area contributed by atoms with Crippen molar-refractivity contribution in [2.24, 2.45) is 11.7 Å². The summed E-state index contributed by atoms with van der Waals surface area (Å²) in [6, 6.07) is 11.9. The number of thiophene rings is 1. The molecule has 0 saturated heterocycles. The number of nitrogens with one attached hydrogen (secondary N) is 1. The average Bonchev–Trinajstić information content (AvgIpc) is 2.94. The summed E-state index contributed by atoms with van der Waals surface area (Å²) in [5, 5.41) is 5.02. The van der Waals surface area contributed by atoms with Crippen molar-refractivity contribution in [3.63, 3.8) is 0 Å². The molecule has 0 aliphatic carbocycles. The molecule has 19 heavy (non-hydrogen) atoms. The van der Waals surface area contributed by atoms with Gasteiger partial charge in [-0.05, 0) is 23.9 Å². The molecule has 1 unspecified atom stereocenters. The Hall–Kier alpha value is -1.65. The number of carbonyl (C=O) groups is 1. The number of anilines is 1. The molecule has 1 atom stereocenters. The van der Waals surface area contributed by atoms with Crippen LogP contribution in [0.1, 0.15) is 13.3 Å². The number of rotatable bonds is 5. The topological polar surface area (TPSA) is 55.1 Å². The van der Waals surface area contributed by atoms with Crippen molar-refractivity contribution in [1.82, 2.24) is 0 Å². The molecule has 100 valence electrons. The molecule has 4 heteroatoms. The van der Waals surface area contributed by atoms with Crippen LogP contribution in [0.5, 0.6) is 0 Å². The Morgan fingerprint density at radius 3 is 2.74 bits per heavy atom. The van der Waals surface area contributed by atoms with Gasteiger partial charge in [0.05, 0.1) is 5.92 Å². The average molecular weight is 274 g/mol. The number of carbonyl (C=O) groups excluding carboxylic acids is 1. The monoisotopic (exact) mass is 274 g/mol. The molecule has 3 N–H and O–H groups in total. The van der Waals surface area contributed by atoms with Gasteiger partial charge in [-0.3, -0.25) is 4.79 Å². The van der Waals surface area contributed by atoms with E-state index in [0.29, 0.717) is 6.54 Å². The van der Waals surface area contributed by atoms with Crippen LogP contribution >= 0.6 is 11.3 Å². The SMILES string of the molecule is CCC(CN)C(=O)Nc1ccccc1-c1cccs1. The summed E-state index contributed by atoms with van der Waals surface area (Å²) in [5.41, 5.74) is 7.51. The van der Waals surface area contributed by atoms with Gasteiger partial charge in [-0.2, -0.15) is 0 Å². The molecule has 3 nitrogen and oxygen atoms in total. The van der Waals surface area contributed by atoms with Crippen LogP contribution < -0.4 is 11.1 Å². The Morgan fingerprint density at radius 1 is 1.32 bits per heavy atom. The minimum atomic E-state index is -0.128. The first-order valence-corrected chi connectivity index (χ1v) is 7.28. The van der Waals surface area contributed by atoms with Crippen molar-refractivity contribution in [1.29, 1.82) is 0 Å². The van der Waals surface area contributed by atoms with Gasteiger partial charge in [-0.25, -0.2) is 0 Å². The lowest BCUT2D eigenvalue weighted by atomic mass is 10.1. The van der Waals surface area contributed by atoms with Gasteiger partial charge < -0.3 is 11.1 Å². The van der Waals surface area contributed by atoms with Crippen LogP contribution in [0, 0.1) is 5.92 Å². The fourth-order valence-corrected chi connectivity index (χ4v) is 2.70. The molecule has 0 bridgehead atoms. The van der Waals surface area contributed by atoms with E-state index >= 15 is 0 Å². The molecule has 2 aromatic rings. The maximum Gasteiger partial charge on any atom is 0.228 e. The molecule has 1 amide bonds. The predicted octanol–water partition coefficient (Wildman–Crippen LogP) is 3.34. The largest absolute Gasteiger partial charge is 0.330 e. The van der Waals surface area contributed by atoms with Gasteiger partial charge in [0, 0.05) is 22.7 Å². The highest BCUT2D eigenvalue weighted by molar-refractivity contribution is 7.13. The highest BCUT2D eigenvalue weighted by Gasteiger charge is 2.16. The van der Waals surface area contributed by atoms with Crippen LogP contribution in [-0.2, 0) is 4.79 Å². The van der Waals surface area contributed by atoms with E-state index in [1.807, 2.05) is 42.6 Å². The maximum atomic E-state index is 12.1. The summed E-state index contributed by atoms with van der Waals surface area (Å²) in [4.78, 5) is 13.3. The first-order chi connectivity index (χ1) is 9.26. The van der Waals surface area contributed by atoms with Gasteiger partial charge in [0.25, 0.3) is 0 Å². The fourth-order valence-electron chi connectivity index (χ4n) is 1.93. The van der Waals surface area contributed by atoms with Crippen LogP contribution in [0.2, 0.25) is 0 Å². The number of hydrogen-bond donors (Lipinski definition) is 2. The molecule has 2 rings (SSSR count). The summed E-state index contributed by atoms with van der Waals surface area (Å²) in [7, 11) is 0. The van der Waals surface area contributed by atoms with E-state index in [0.717, 1.165) is 22.5 Å². The van der Waals surface area contributed by atoms with Gasteiger partial charge in [0.15, 0.2) is 0 Å². The normalized spacial score (nSPS) is 12.1. The Morgan fingerprint density at radius 2 is 2.11 bits per heavy atom. The molecule has 0 aliphatic heterocycles. The third-order valence-corrected chi connectivity index (χ3v) is 4.02. The van der Waals surface area contributed by atoms with E-state index in [2.05, 4.69) is 11.4 Å². The standard InChI is InChI=1S/C15H18N2OS/c1-2-11(10-16)15(18)17-13-7-4-3-6-12(13)14-8-5-9-19-14/h3-9,11H,2,10,16H2,1H3,(H,17,18). The summed E-state index contributed by atoms with van der Waals surface area (Å²) >= 11 is 1.66. The van der Waals surface area contributed by atoms with Gasteiger partial charge in [0.2, 0.25) is 5.91 Å².